The topological polar surface area (TPSA) is 148 Å². The Kier molecular flexibility index (Phi) is 13.6. The highest BCUT2D eigenvalue weighted by Crippen LogP contribution is 2.27. The second kappa shape index (κ2) is 19.1. The predicted octanol–water partition coefficient (Wildman–Crippen LogP) is 5.47. The number of nitrogens with zero attached hydrogens (tertiary/aromatic N) is 9. The molecule has 2 aliphatic rings. The molecule has 0 bridgehead atoms. The maximum atomic E-state index is 5.48. The van der Waals surface area contributed by atoms with E-state index in [1.165, 1.54) is 0 Å². The highest BCUT2D eigenvalue weighted by Gasteiger charge is 2.19. The molecule has 6 aromatic rings. The number of ether oxygens (including phenoxy) is 2. The zero-order valence-electron chi connectivity index (χ0n) is 30.4. The lowest BCUT2D eigenvalue weighted by Crippen LogP contribution is -2.37. The van der Waals surface area contributed by atoms with Crippen molar-refractivity contribution in [3.8, 4) is 22.8 Å². The fourth-order valence-corrected chi connectivity index (χ4v) is 6.24. The van der Waals surface area contributed by atoms with Gasteiger partial charge in [0.15, 0.2) is 28.4 Å². The van der Waals surface area contributed by atoms with E-state index in [1.807, 2.05) is 108 Å². The Labute approximate surface area is 325 Å². The largest absolute Gasteiger partial charge is 0.378 e. The summed E-state index contributed by atoms with van der Waals surface area (Å²) in [5.74, 6) is 3.26. The van der Waals surface area contributed by atoms with Crippen molar-refractivity contribution in [3.63, 3.8) is 0 Å². The number of nitrogens with one attached hydrogen (secondary N) is 2. The van der Waals surface area contributed by atoms with Crippen molar-refractivity contribution in [3.05, 3.63) is 85.2 Å². The summed E-state index contributed by atoms with van der Waals surface area (Å²) >= 11 is 9.86. The first-order valence-corrected chi connectivity index (χ1v) is 18.7. The Balaban J connectivity index is 0.000000173. The first-order chi connectivity index (χ1) is 26.5. The average Bonchev–Trinajstić information content (AvgIpc) is 3.90. The van der Waals surface area contributed by atoms with Crippen LogP contribution in [-0.4, -0.2) is 105 Å². The summed E-state index contributed by atoms with van der Waals surface area (Å²) in [6, 6.07) is 23.7. The van der Waals surface area contributed by atoms with Crippen LogP contribution >= 0.6 is 24.4 Å². The third-order valence-electron chi connectivity index (χ3n) is 8.40. The van der Waals surface area contributed by atoms with Crippen LogP contribution < -0.4 is 26.2 Å². The fourth-order valence-electron chi connectivity index (χ4n) is 5.87. The molecule has 2 saturated heterocycles. The summed E-state index contributed by atoms with van der Waals surface area (Å²) in [5, 5.41) is 18.5. The van der Waals surface area contributed by atoms with Crippen molar-refractivity contribution in [2.24, 2.45) is 10.7 Å². The molecule has 0 atom stereocenters. The van der Waals surface area contributed by atoms with Crippen molar-refractivity contribution in [1.29, 1.82) is 0 Å². The number of anilines is 3. The normalized spacial score (nSPS) is 14.0. The lowest BCUT2D eigenvalue weighted by Gasteiger charge is -2.28. The molecule has 2 aliphatic heterocycles. The highest BCUT2D eigenvalue weighted by atomic mass is 32.1. The maximum Gasteiger partial charge on any atom is 0.182 e. The number of nitrogens with two attached hydrogens (primary N) is 1. The number of thiocarbonyl (C=S) groups is 2. The predicted molar refractivity (Wildman–Crippen MR) is 222 cm³/mol. The molecule has 54 heavy (non-hydrogen) atoms. The molecule has 14 nitrogen and oxygen atoms in total. The van der Waals surface area contributed by atoms with Gasteiger partial charge in [0.2, 0.25) is 0 Å². The van der Waals surface area contributed by atoms with E-state index in [2.05, 4.69) is 53.0 Å². The Morgan fingerprint density at radius 3 is 1.67 bits per heavy atom. The van der Waals surface area contributed by atoms with E-state index in [-0.39, 0.29) is 0 Å². The minimum atomic E-state index is 0.616. The quantitative estimate of drug-likeness (QED) is 0.140. The van der Waals surface area contributed by atoms with E-state index >= 15 is 0 Å². The van der Waals surface area contributed by atoms with Gasteiger partial charge in [0.05, 0.1) is 37.3 Å². The van der Waals surface area contributed by atoms with Crippen LogP contribution in [0.1, 0.15) is 13.8 Å². The van der Waals surface area contributed by atoms with Gasteiger partial charge < -0.3 is 35.6 Å². The standard InChI is InChI=1S/C19H22N6OS.C17H15N5OS.C2H7N/c1-2-20-19(27)21-15-7-5-14(6-8-15)17-22-18(24-10-12-26-13-11-24)16-4-3-9-25(16)23-17;24-12-18-14-5-3-13(4-6-14)16-19-17(21-8-10-23-11-9-21)15-2-1-7-22(15)20-16;1-2-3/h3-9H,2,10-13H2,1H3,(H2,20,21,27);1-7H,8-11H2;2-3H2,1H3. The average molecular weight is 765 g/mol. The Morgan fingerprint density at radius 1 is 0.759 bits per heavy atom. The van der Waals surface area contributed by atoms with Crippen molar-refractivity contribution < 1.29 is 9.47 Å². The lowest BCUT2D eigenvalue weighted by molar-refractivity contribution is 0.122. The van der Waals surface area contributed by atoms with Crippen molar-refractivity contribution in [2.45, 2.75) is 13.8 Å². The van der Waals surface area contributed by atoms with Gasteiger partial charge in [0.1, 0.15) is 11.0 Å². The molecule has 2 fully saturated rings. The van der Waals surface area contributed by atoms with Gasteiger partial charge in [0, 0.05) is 61.9 Å². The summed E-state index contributed by atoms with van der Waals surface area (Å²) in [4.78, 5) is 18.2. The zero-order chi connectivity index (χ0) is 37.7. The molecular weight excluding hydrogens is 721 g/mol. The molecule has 0 spiro atoms. The van der Waals surface area contributed by atoms with Crippen LogP contribution in [0.5, 0.6) is 0 Å². The van der Waals surface area contributed by atoms with E-state index in [0.717, 1.165) is 111 Å². The molecule has 0 saturated carbocycles. The summed E-state index contributed by atoms with van der Waals surface area (Å²) in [5.41, 5.74) is 10.4. The van der Waals surface area contributed by atoms with Crippen LogP contribution in [0, 0.1) is 0 Å². The highest BCUT2D eigenvalue weighted by molar-refractivity contribution is 7.80. The summed E-state index contributed by atoms with van der Waals surface area (Å²) in [6.07, 6.45) is 3.89. The summed E-state index contributed by atoms with van der Waals surface area (Å²) < 4.78 is 14.7. The molecule has 8 rings (SSSR count). The van der Waals surface area contributed by atoms with Crippen LogP contribution in [0.25, 0.3) is 33.8 Å². The van der Waals surface area contributed by atoms with Gasteiger partial charge in [-0.1, -0.05) is 6.92 Å². The number of aromatic nitrogens is 6. The molecular formula is C38H44N12O2S2. The summed E-state index contributed by atoms with van der Waals surface area (Å²) in [6.45, 7) is 11.7. The Hall–Kier alpha value is -5.35. The molecule has 0 aliphatic carbocycles. The fraction of sp³-hybridized carbons (Fsp3) is 0.316. The van der Waals surface area contributed by atoms with Gasteiger partial charge in [0.25, 0.3) is 0 Å². The molecule has 2 aromatic carbocycles. The van der Waals surface area contributed by atoms with Gasteiger partial charge >= 0.3 is 0 Å². The number of fused-ring (bicyclic) bond motifs is 2. The van der Waals surface area contributed by atoms with E-state index in [1.54, 1.807) is 0 Å². The number of rotatable bonds is 7. The summed E-state index contributed by atoms with van der Waals surface area (Å²) in [7, 11) is 0. The monoisotopic (exact) mass is 764 g/mol. The van der Waals surface area contributed by atoms with E-state index in [4.69, 9.17) is 37.4 Å². The third-order valence-corrected chi connectivity index (χ3v) is 8.74. The lowest BCUT2D eigenvalue weighted by atomic mass is 10.2. The first-order valence-electron chi connectivity index (χ1n) is 17.9. The van der Waals surface area contributed by atoms with Crippen molar-refractivity contribution >= 4 is 68.8 Å². The number of aliphatic imine (C=N–C) groups is 1. The number of hydrogen-bond donors (Lipinski definition) is 3. The number of isothiocyanates is 1. The van der Waals surface area contributed by atoms with E-state index in [9.17, 15) is 0 Å². The molecule has 16 heteroatoms. The Bertz CT molecular complexity index is 2170. The van der Waals surface area contributed by atoms with Crippen LogP contribution in [0.3, 0.4) is 0 Å². The van der Waals surface area contributed by atoms with Gasteiger partial charge in [-0.3, -0.25) is 0 Å². The maximum absolute atomic E-state index is 5.48. The minimum absolute atomic E-state index is 0.616. The number of benzene rings is 2. The molecule has 0 unspecified atom stereocenters. The van der Waals surface area contributed by atoms with Gasteiger partial charge in [-0.2, -0.15) is 4.99 Å². The van der Waals surface area contributed by atoms with E-state index in [0.29, 0.717) is 16.8 Å². The molecule has 0 radical (unpaired) electrons. The molecule has 280 valence electrons. The zero-order valence-corrected chi connectivity index (χ0v) is 32.0. The second-order valence-electron chi connectivity index (χ2n) is 12.1. The minimum Gasteiger partial charge on any atom is -0.378 e. The van der Waals surface area contributed by atoms with Gasteiger partial charge in [-0.05, 0) is 111 Å². The van der Waals surface area contributed by atoms with Crippen LogP contribution in [0.2, 0.25) is 0 Å². The Morgan fingerprint density at radius 2 is 1.22 bits per heavy atom. The molecule has 4 aromatic heterocycles. The SMILES string of the molecule is CCN.CCNC(=S)Nc1ccc(-c2nc(N3CCOCC3)c3cccn3n2)cc1.S=C=Nc1ccc(-c2nc(N3CCOCC3)c3cccn3n2)cc1. The van der Waals surface area contributed by atoms with Crippen molar-refractivity contribution in [2.75, 3.05) is 80.8 Å². The molecule has 6 heterocycles. The smallest absolute Gasteiger partial charge is 0.182 e. The third kappa shape index (κ3) is 9.60. The van der Waals surface area contributed by atoms with Gasteiger partial charge in [-0.25, -0.2) is 19.0 Å². The second-order valence-corrected chi connectivity index (χ2v) is 12.7. The first kappa shape index (κ1) is 38.4. The van der Waals surface area contributed by atoms with Crippen LogP contribution in [0.4, 0.5) is 23.0 Å². The van der Waals surface area contributed by atoms with Crippen LogP contribution in [0.15, 0.2) is 90.2 Å². The number of hydrogen-bond acceptors (Lipinski definition) is 12. The molecule has 4 N–H and O–H groups in total. The number of morpholine rings is 2. The van der Waals surface area contributed by atoms with Gasteiger partial charge in [-0.15, -0.1) is 10.2 Å². The van der Waals surface area contributed by atoms with Crippen molar-refractivity contribution in [1.82, 2.24) is 34.5 Å². The molecule has 0 amide bonds. The van der Waals surface area contributed by atoms with Crippen LogP contribution in [-0.2, 0) is 9.47 Å². The van der Waals surface area contributed by atoms with E-state index < -0.39 is 0 Å².